The van der Waals surface area contributed by atoms with Gasteiger partial charge in [0.1, 0.15) is 18.2 Å². The Bertz CT molecular complexity index is 552. The normalized spacial score (nSPS) is 10.6. The Labute approximate surface area is 121 Å². The molecule has 2 aromatic rings. The fourth-order valence-corrected chi connectivity index (χ4v) is 1.96. The number of anilines is 1. The van der Waals surface area contributed by atoms with E-state index in [0.717, 1.165) is 23.8 Å². The average Bonchev–Trinajstić information content (AvgIpc) is 2.46. The van der Waals surface area contributed by atoms with Gasteiger partial charge < -0.3 is 10.1 Å². The van der Waals surface area contributed by atoms with Gasteiger partial charge in [-0.25, -0.2) is 4.98 Å². The monoisotopic (exact) mass is 270 g/mol. The maximum atomic E-state index is 5.83. The summed E-state index contributed by atoms with van der Waals surface area (Å²) in [5.41, 5.74) is 2.22. The van der Waals surface area contributed by atoms with Crippen molar-refractivity contribution in [2.75, 3.05) is 11.9 Å². The molecule has 20 heavy (non-hydrogen) atoms. The molecule has 1 aromatic carbocycles. The Hall–Kier alpha value is -2.03. The van der Waals surface area contributed by atoms with Crippen LogP contribution in [-0.2, 0) is 6.61 Å². The minimum Gasteiger partial charge on any atom is -0.487 e. The first-order valence-electron chi connectivity index (χ1n) is 7.11. The number of pyridine rings is 1. The largest absolute Gasteiger partial charge is 0.487 e. The molecule has 0 aliphatic carbocycles. The molecule has 1 aromatic heterocycles. The fraction of sp³-hybridized carbons (Fsp3) is 0.353. The van der Waals surface area contributed by atoms with Gasteiger partial charge in [0, 0.05) is 6.54 Å². The van der Waals surface area contributed by atoms with Crippen LogP contribution >= 0.6 is 0 Å². The number of rotatable bonds is 6. The molecule has 0 amide bonds. The lowest BCUT2D eigenvalue weighted by atomic mass is 10.0. The van der Waals surface area contributed by atoms with Gasteiger partial charge >= 0.3 is 0 Å². The van der Waals surface area contributed by atoms with Gasteiger partial charge in [0.25, 0.3) is 0 Å². The van der Waals surface area contributed by atoms with Gasteiger partial charge in [-0.2, -0.15) is 0 Å². The first-order valence-corrected chi connectivity index (χ1v) is 7.11. The molecular formula is C17H22N2O. The molecule has 0 spiro atoms. The minimum absolute atomic E-state index is 0.487. The summed E-state index contributed by atoms with van der Waals surface area (Å²) in [6.45, 7) is 7.78. The second-order valence-electron chi connectivity index (χ2n) is 5.06. The standard InChI is InChI=1S/C17H22N2O/c1-4-18-17-10-6-8-15(19-17)12-20-16-9-5-7-14(11-16)13(2)3/h5-11,13H,4,12H2,1-3H3,(H,18,19). The molecule has 2 rings (SSSR count). The predicted octanol–water partition coefficient (Wildman–Crippen LogP) is 4.22. The molecule has 0 aliphatic rings. The summed E-state index contributed by atoms with van der Waals surface area (Å²) >= 11 is 0. The molecule has 0 saturated heterocycles. The molecule has 0 bridgehead atoms. The average molecular weight is 270 g/mol. The highest BCUT2D eigenvalue weighted by atomic mass is 16.5. The van der Waals surface area contributed by atoms with Crippen molar-refractivity contribution < 1.29 is 4.74 Å². The van der Waals surface area contributed by atoms with E-state index >= 15 is 0 Å². The van der Waals surface area contributed by atoms with Crippen LogP contribution in [0.5, 0.6) is 5.75 Å². The number of ether oxygens (including phenoxy) is 1. The SMILES string of the molecule is CCNc1cccc(COc2cccc(C(C)C)c2)n1. The number of nitrogens with zero attached hydrogens (tertiary/aromatic N) is 1. The van der Waals surface area contributed by atoms with Crippen molar-refractivity contribution in [2.24, 2.45) is 0 Å². The third kappa shape index (κ3) is 3.98. The van der Waals surface area contributed by atoms with Crippen LogP contribution in [0.1, 0.15) is 37.9 Å². The lowest BCUT2D eigenvalue weighted by Crippen LogP contribution is -2.03. The van der Waals surface area contributed by atoms with Crippen LogP contribution in [0.15, 0.2) is 42.5 Å². The van der Waals surface area contributed by atoms with Gasteiger partial charge in [-0.3, -0.25) is 0 Å². The summed E-state index contributed by atoms with van der Waals surface area (Å²) in [7, 11) is 0. The summed E-state index contributed by atoms with van der Waals surface area (Å²) in [4.78, 5) is 4.50. The van der Waals surface area contributed by atoms with Crippen LogP contribution in [0.2, 0.25) is 0 Å². The van der Waals surface area contributed by atoms with Gasteiger partial charge in [-0.05, 0) is 42.7 Å². The van der Waals surface area contributed by atoms with E-state index in [2.05, 4.69) is 43.2 Å². The number of nitrogens with one attached hydrogen (secondary N) is 1. The van der Waals surface area contributed by atoms with Crippen molar-refractivity contribution in [3.05, 3.63) is 53.7 Å². The van der Waals surface area contributed by atoms with E-state index in [4.69, 9.17) is 4.74 Å². The number of aromatic nitrogens is 1. The van der Waals surface area contributed by atoms with Crippen molar-refractivity contribution in [1.29, 1.82) is 0 Å². The Morgan fingerprint density at radius 1 is 1.15 bits per heavy atom. The molecule has 1 N–H and O–H groups in total. The zero-order valence-electron chi connectivity index (χ0n) is 12.4. The van der Waals surface area contributed by atoms with Crippen LogP contribution in [0, 0.1) is 0 Å². The second kappa shape index (κ2) is 6.94. The zero-order chi connectivity index (χ0) is 14.4. The van der Waals surface area contributed by atoms with Crippen molar-refractivity contribution in [3.8, 4) is 5.75 Å². The maximum Gasteiger partial charge on any atom is 0.130 e. The van der Waals surface area contributed by atoms with Crippen LogP contribution in [0.25, 0.3) is 0 Å². The Morgan fingerprint density at radius 3 is 2.70 bits per heavy atom. The molecule has 3 nitrogen and oxygen atoms in total. The van der Waals surface area contributed by atoms with Gasteiger partial charge in [0.05, 0.1) is 5.69 Å². The second-order valence-corrected chi connectivity index (χ2v) is 5.06. The first kappa shape index (κ1) is 14.4. The van der Waals surface area contributed by atoms with Gasteiger partial charge in [0.2, 0.25) is 0 Å². The molecule has 0 aliphatic heterocycles. The van der Waals surface area contributed by atoms with Crippen LogP contribution in [0.4, 0.5) is 5.82 Å². The highest BCUT2D eigenvalue weighted by Crippen LogP contribution is 2.20. The van der Waals surface area contributed by atoms with E-state index in [1.165, 1.54) is 5.56 Å². The van der Waals surface area contributed by atoms with E-state index in [0.29, 0.717) is 12.5 Å². The topological polar surface area (TPSA) is 34.1 Å². The molecule has 0 saturated carbocycles. The van der Waals surface area contributed by atoms with Crippen LogP contribution in [-0.4, -0.2) is 11.5 Å². The summed E-state index contributed by atoms with van der Waals surface area (Å²) in [6, 6.07) is 14.2. The van der Waals surface area contributed by atoms with E-state index in [9.17, 15) is 0 Å². The van der Waals surface area contributed by atoms with Gasteiger partial charge in [-0.15, -0.1) is 0 Å². The Morgan fingerprint density at radius 2 is 1.95 bits per heavy atom. The third-order valence-electron chi connectivity index (χ3n) is 3.08. The molecule has 106 valence electrons. The van der Waals surface area contributed by atoms with Crippen LogP contribution < -0.4 is 10.1 Å². The molecule has 0 unspecified atom stereocenters. The zero-order valence-corrected chi connectivity index (χ0v) is 12.4. The van der Waals surface area contributed by atoms with E-state index < -0.39 is 0 Å². The Kier molecular flexibility index (Phi) is 4.99. The van der Waals surface area contributed by atoms with E-state index in [1.807, 2.05) is 30.3 Å². The summed E-state index contributed by atoms with van der Waals surface area (Å²) in [5, 5.41) is 3.20. The third-order valence-corrected chi connectivity index (χ3v) is 3.08. The lowest BCUT2D eigenvalue weighted by Gasteiger charge is -2.10. The molecule has 3 heteroatoms. The molecule has 1 heterocycles. The predicted molar refractivity (Wildman–Crippen MR) is 83.3 cm³/mol. The summed E-state index contributed by atoms with van der Waals surface area (Å²) in [5.74, 6) is 2.30. The molecule has 0 fully saturated rings. The van der Waals surface area contributed by atoms with E-state index in [-0.39, 0.29) is 0 Å². The van der Waals surface area contributed by atoms with E-state index in [1.54, 1.807) is 0 Å². The van der Waals surface area contributed by atoms with Gasteiger partial charge in [0.15, 0.2) is 0 Å². The van der Waals surface area contributed by atoms with Crippen molar-refractivity contribution in [2.45, 2.75) is 33.3 Å². The summed E-state index contributed by atoms with van der Waals surface area (Å²) < 4.78 is 5.83. The minimum atomic E-state index is 0.487. The smallest absolute Gasteiger partial charge is 0.130 e. The molecular weight excluding hydrogens is 248 g/mol. The molecule has 0 atom stereocenters. The van der Waals surface area contributed by atoms with Crippen LogP contribution in [0.3, 0.4) is 0 Å². The first-order chi connectivity index (χ1) is 9.69. The highest BCUT2D eigenvalue weighted by molar-refractivity contribution is 5.35. The van der Waals surface area contributed by atoms with Crippen molar-refractivity contribution in [3.63, 3.8) is 0 Å². The Balaban J connectivity index is 2.01. The number of hydrogen-bond donors (Lipinski definition) is 1. The quantitative estimate of drug-likeness (QED) is 0.853. The number of hydrogen-bond acceptors (Lipinski definition) is 3. The van der Waals surface area contributed by atoms with Gasteiger partial charge in [-0.1, -0.05) is 32.0 Å². The summed E-state index contributed by atoms with van der Waals surface area (Å²) in [6.07, 6.45) is 0. The number of benzene rings is 1. The lowest BCUT2D eigenvalue weighted by molar-refractivity contribution is 0.301. The van der Waals surface area contributed by atoms with Crippen molar-refractivity contribution >= 4 is 5.82 Å². The molecule has 0 radical (unpaired) electrons. The van der Waals surface area contributed by atoms with Crippen molar-refractivity contribution in [1.82, 2.24) is 4.98 Å². The fourth-order valence-electron chi connectivity index (χ4n) is 1.96. The highest BCUT2D eigenvalue weighted by Gasteiger charge is 2.02. The maximum absolute atomic E-state index is 5.83.